The second kappa shape index (κ2) is 7.15. The van der Waals surface area contributed by atoms with Crippen molar-refractivity contribution in [3.8, 4) is 5.88 Å². The Labute approximate surface area is 110 Å². The Bertz CT molecular complexity index is 307. The van der Waals surface area contributed by atoms with E-state index in [0.29, 0.717) is 12.4 Å². The second-order valence-corrected chi connectivity index (χ2v) is 6.38. The van der Waals surface area contributed by atoms with E-state index in [1.165, 1.54) is 0 Å². The van der Waals surface area contributed by atoms with E-state index in [-0.39, 0.29) is 11.4 Å². The molecule has 1 atom stereocenters. The lowest BCUT2D eigenvalue weighted by molar-refractivity contribution is 0.104. The van der Waals surface area contributed by atoms with Crippen LogP contribution in [-0.2, 0) is 0 Å². The monoisotopic (exact) mass is 277 g/mol. The van der Waals surface area contributed by atoms with Gasteiger partial charge in [-0.1, -0.05) is 0 Å². The molecule has 0 aliphatic heterocycles. The molecule has 1 aromatic heterocycles. The van der Waals surface area contributed by atoms with Gasteiger partial charge in [0.25, 0.3) is 0 Å². The van der Waals surface area contributed by atoms with Crippen LogP contribution >= 0.6 is 23.5 Å². The predicted molar refractivity (Wildman–Crippen MR) is 71.9 cm³/mol. The molecule has 5 nitrogen and oxygen atoms in total. The maximum atomic E-state index is 9.68. The van der Waals surface area contributed by atoms with Crippen molar-refractivity contribution in [2.75, 3.05) is 26.0 Å². The zero-order chi connectivity index (χ0) is 12.7. The number of hydrogen-bond donors (Lipinski definition) is 2. The van der Waals surface area contributed by atoms with Crippen LogP contribution in [0.25, 0.3) is 0 Å². The van der Waals surface area contributed by atoms with Crippen molar-refractivity contribution in [1.82, 2.24) is 14.1 Å². The predicted octanol–water partition coefficient (Wildman–Crippen LogP) is 1.01. The number of aromatic nitrogens is 2. The highest BCUT2D eigenvalue weighted by atomic mass is 32.2. The molecule has 7 heteroatoms. The topological polar surface area (TPSA) is 67.3 Å². The lowest BCUT2D eigenvalue weighted by atomic mass is 10.2. The molecule has 1 unspecified atom stereocenters. The molecule has 0 bridgehead atoms. The summed E-state index contributed by atoms with van der Waals surface area (Å²) >= 11 is 2.89. The SMILES string of the molecule is CSC(C)(C)CNCC(O)COc1cnsn1. The Hall–Kier alpha value is -0.370. The summed E-state index contributed by atoms with van der Waals surface area (Å²) in [5.74, 6) is 0.471. The summed E-state index contributed by atoms with van der Waals surface area (Å²) in [7, 11) is 0. The van der Waals surface area contributed by atoms with Gasteiger partial charge < -0.3 is 15.2 Å². The Balaban J connectivity index is 2.11. The van der Waals surface area contributed by atoms with Crippen LogP contribution in [0, 0.1) is 0 Å². The van der Waals surface area contributed by atoms with Gasteiger partial charge in [0.15, 0.2) is 0 Å². The van der Waals surface area contributed by atoms with E-state index in [0.717, 1.165) is 18.3 Å². The van der Waals surface area contributed by atoms with Crippen LogP contribution in [0.3, 0.4) is 0 Å². The summed E-state index contributed by atoms with van der Waals surface area (Å²) in [5.41, 5.74) is 0. The van der Waals surface area contributed by atoms with E-state index < -0.39 is 6.10 Å². The van der Waals surface area contributed by atoms with Crippen LogP contribution in [-0.4, -0.2) is 50.7 Å². The van der Waals surface area contributed by atoms with Crippen LogP contribution in [0.2, 0.25) is 0 Å². The minimum absolute atomic E-state index is 0.180. The van der Waals surface area contributed by atoms with Crippen molar-refractivity contribution in [3.63, 3.8) is 0 Å². The number of thioether (sulfide) groups is 1. The summed E-state index contributed by atoms with van der Waals surface area (Å²) in [6.07, 6.45) is 3.09. The second-order valence-electron chi connectivity index (χ2n) is 4.31. The van der Waals surface area contributed by atoms with E-state index in [2.05, 4.69) is 34.2 Å². The molecule has 0 spiro atoms. The molecule has 1 aromatic rings. The normalized spacial score (nSPS) is 13.6. The first-order chi connectivity index (χ1) is 8.03. The molecule has 0 saturated heterocycles. The van der Waals surface area contributed by atoms with E-state index in [9.17, 15) is 5.11 Å². The first-order valence-electron chi connectivity index (χ1n) is 5.38. The number of ether oxygens (including phenoxy) is 1. The van der Waals surface area contributed by atoms with E-state index in [1.54, 1.807) is 18.0 Å². The van der Waals surface area contributed by atoms with Crippen molar-refractivity contribution >= 4 is 23.5 Å². The quantitative estimate of drug-likeness (QED) is 0.739. The van der Waals surface area contributed by atoms with Gasteiger partial charge in [-0.2, -0.15) is 16.1 Å². The van der Waals surface area contributed by atoms with Crippen molar-refractivity contribution in [2.45, 2.75) is 24.7 Å². The molecule has 0 saturated carbocycles. The Morgan fingerprint density at radius 1 is 1.65 bits per heavy atom. The molecule has 0 fully saturated rings. The fourth-order valence-corrected chi connectivity index (χ4v) is 1.68. The van der Waals surface area contributed by atoms with Crippen LogP contribution in [0.15, 0.2) is 6.20 Å². The minimum Gasteiger partial charge on any atom is -0.473 e. The molecule has 0 amide bonds. The van der Waals surface area contributed by atoms with Crippen LogP contribution in [0.1, 0.15) is 13.8 Å². The standard InChI is InChI=1S/C10H19N3O2S2/c1-10(2,16-3)7-11-4-8(14)6-15-9-5-12-17-13-9/h5,8,11,14H,4,6-7H2,1-3H3. The Kier molecular flexibility index (Phi) is 6.18. The zero-order valence-electron chi connectivity index (χ0n) is 10.3. The number of nitrogens with zero attached hydrogens (tertiary/aromatic N) is 2. The summed E-state index contributed by atoms with van der Waals surface area (Å²) in [6.45, 7) is 5.92. The van der Waals surface area contributed by atoms with Crippen LogP contribution < -0.4 is 10.1 Å². The number of aliphatic hydroxyl groups excluding tert-OH is 1. The number of nitrogens with one attached hydrogen (secondary N) is 1. The molecule has 1 heterocycles. The highest BCUT2D eigenvalue weighted by Crippen LogP contribution is 2.19. The maximum Gasteiger partial charge on any atom is 0.245 e. The third kappa shape index (κ3) is 6.21. The molecule has 0 radical (unpaired) electrons. The van der Waals surface area contributed by atoms with Gasteiger partial charge in [0.05, 0.1) is 11.7 Å². The molecular weight excluding hydrogens is 258 g/mol. The molecule has 0 aromatic carbocycles. The Morgan fingerprint density at radius 3 is 3.00 bits per heavy atom. The summed E-state index contributed by atoms with van der Waals surface area (Å²) in [6, 6.07) is 0. The molecule has 17 heavy (non-hydrogen) atoms. The smallest absolute Gasteiger partial charge is 0.245 e. The van der Waals surface area contributed by atoms with E-state index >= 15 is 0 Å². The zero-order valence-corrected chi connectivity index (χ0v) is 12.0. The molecule has 98 valence electrons. The van der Waals surface area contributed by atoms with Gasteiger partial charge in [-0.3, -0.25) is 0 Å². The lowest BCUT2D eigenvalue weighted by Crippen LogP contribution is -2.38. The van der Waals surface area contributed by atoms with Crippen LogP contribution in [0.4, 0.5) is 0 Å². The number of rotatable bonds is 8. The van der Waals surface area contributed by atoms with Crippen molar-refractivity contribution in [1.29, 1.82) is 0 Å². The summed E-state index contributed by atoms with van der Waals surface area (Å²) < 4.78 is 13.1. The first-order valence-corrected chi connectivity index (χ1v) is 7.33. The largest absolute Gasteiger partial charge is 0.473 e. The van der Waals surface area contributed by atoms with E-state index in [4.69, 9.17) is 4.74 Å². The summed E-state index contributed by atoms with van der Waals surface area (Å²) in [5, 5.41) is 12.9. The van der Waals surface area contributed by atoms with Gasteiger partial charge in [0, 0.05) is 17.8 Å². The first kappa shape index (κ1) is 14.7. The highest BCUT2D eigenvalue weighted by molar-refractivity contribution is 7.99. The average Bonchev–Trinajstić information content (AvgIpc) is 2.79. The highest BCUT2D eigenvalue weighted by Gasteiger charge is 2.16. The summed E-state index contributed by atoms with van der Waals surface area (Å²) in [4.78, 5) is 0. The fourth-order valence-electron chi connectivity index (χ4n) is 1.07. The maximum absolute atomic E-state index is 9.68. The number of hydrogen-bond acceptors (Lipinski definition) is 7. The molecule has 0 aliphatic carbocycles. The molecule has 2 N–H and O–H groups in total. The van der Waals surface area contributed by atoms with E-state index in [1.807, 2.05) is 0 Å². The van der Waals surface area contributed by atoms with Gasteiger partial charge >= 0.3 is 0 Å². The van der Waals surface area contributed by atoms with Gasteiger partial charge in [-0.25, -0.2) is 0 Å². The van der Waals surface area contributed by atoms with Gasteiger partial charge in [-0.15, -0.1) is 4.37 Å². The van der Waals surface area contributed by atoms with Crippen molar-refractivity contribution < 1.29 is 9.84 Å². The average molecular weight is 277 g/mol. The van der Waals surface area contributed by atoms with Gasteiger partial charge in [-0.05, 0) is 20.1 Å². The molecule has 1 rings (SSSR count). The third-order valence-corrected chi connectivity index (χ3v) is 3.96. The van der Waals surface area contributed by atoms with Crippen molar-refractivity contribution in [2.24, 2.45) is 0 Å². The third-order valence-electron chi connectivity index (χ3n) is 2.25. The molecule has 0 aliphatic rings. The van der Waals surface area contributed by atoms with Crippen LogP contribution in [0.5, 0.6) is 5.88 Å². The fraction of sp³-hybridized carbons (Fsp3) is 0.800. The lowest BCUT2D eigenvalue weighted by Gasteiger charge is -2.23. The molecular formula is C10H19N3O2S2. The van der Waals surface area contributed by atoms with Crippen molar-refractivity contribution in [3.05, 3.63) is 6.20 Å². The Morgan fingerprint density at radius 2 is 2.41 bits per heavy atom. The minimum atomic E-state index is -0.533. The van der Waals surface area contributed by atoms with Gasteiger partial charge in [0.2, 0.25) is 5.88 Å². The number of aliphatic hydroxyl groups is 1. The van der Waals surface area contributed by atoms with Gasteiger partial charge in [0.1, 0.15) is 18.9 Å².